The fourth-order valence-electron chi connectivity index (χ4n) is 4.44. The van der Waals surface area contributed by atoms with Crippen LogP contribution in [-0.4, -0.2) is 18.1 Å². The molecule has 0 heterocycles. The summed E-state index contributed by atoms with van der Waals surface area (Å²) < 4.78 is 13.6. The Morgan fingerprint density at radius 3 is 2.22 bits per heavy atom. The van der Waals surface area contributed by atoms with E-state index < -0.39 is 6.17 Å². The number of rotatable bonds is 14. The highest BCUT2D eigenvalue weighted by atomic mass is 19.1. The summed E-state index contributed by atoms with van der Waals surface area (Å²) in [6, 6.07) is 27.0. The normalized spacial score (nSPS) is 13.6. The number of aryl methyl sites for hydroxylation is 1. The van der Waals surface area contributed by atoms with Gasteiger partial charge in [-0.25, -0.2) is 4.39 Å². The molecule has 188 valence electrons. The minimum atomic E-state index is -0.804. The number of hydrogen-bond acceptors (Lipinski definition) is 2. The van der Waals surface area contributed by atoms with Gasteiger partial charge in [0, 0.05) is 11.1 Å². The molecule has 0 saturated heterocycles. The van der Waals surface area contributed by atoms with Crippen molar-refractivity contribution in [3.63, 3.8) is 0 Å². The Morgan fingerprint density at radius 1 is 0.889 bits per heavy atom. The largest absolute Gasteiger partial charge is 0.248 e. The molecule has 0 saturated carbocycles. The van der Waals surface area contributed by atoms with Crippen LogP contribution in [0.15, 0.2) is 102 Å². The zero-order valence-corrected chi connectivity index (χ0v) is 21.7. The molecule has 0 aliphatic heterocycles. The number of alkyl halides is 1. The summed E-state index contributed by atoms with van der Waals surface area (Å²) in [6.07, 6.45) is 10.3. The van der Waals surface area contributed by atoms with Gasteiger partial charge in [-0.3, -0.25) is 0 Å². The Morgan fingerprint density at radius 2 is 1.58 bits per heavy atom. The van der Waals surface area contributed by atoms with Gasteiger partial charge < -0.3 is 0 Å². The lowest BCUT2D eigenvalue weighted by Crippen LogP contribution is -2.06. The first-order valence-corrected chi connectivity index (χ1v) is 13.2. The molecule has 0 radical (unpaired) electrons. The lowest BCUT2D eigenvalue weighted by molar-refractivity contribution is 0.316. The summed E-state index contributed by atoms with van der Waals surface area (Å²) in [6.45, 7) is 7.53. The molecule has 0 aliphatic carbocycles. The molecular weight excluding hydrogens is 443 g/mol. The van der Waals surface area contributed by atoms with E-state index in [4.69, 9.17) is 0 Å². The van der Waals surface area contributed by atoms with Crippen LogP contribution in [0.25, 0.3) is 0 Å². The van der Waals surface area contributed by atoms with Gasteiger partial charge in [0.25, 0.3) is 0 Å². The predicted molar refractivity (Wildman–Crippen MR) is 153 cm³/mol. The van der Waals surface area contributed by atoms with Crippen LogP contribution in [0, 0.1) is 0 Å². The first-order chi connectivity index (χ1) is 17.6. The van der Waals surface area contributed by atoms with Gasteiger partial charge in [0.05, 0.1) is 12.4 Å². The van der Waals surface area contributed by atoms with Crippen LogP contribution < -0.4 is 0 Å². The first kappa shape index (κ1) is 27.3. The Labute approximate surface area is 216 Å². The van der Waals surface area contributed by atoms with Crippen LogP contribution in [0.1, 0.15) is 86.1 Å². The molecule has 0 bridgehead atoms. The van der Waals surface area contributed by atoms with E-state index in [2.05, 4.69) is 72.2 Å². The summed E-state index contributed by atoms with van der Waals surface area (Å²) in [7, 11) is 0. The van der Waals surface area contributed by atoms with Crippen LogP contribution in [0.2, 0.25) is 0 Å². The van der Waals surface area contributed by atoms with Crippen LogP contribution in [0.4, 0.5) is 4.39 Å². The first-order valence-electron chi connectivity index (χ1n) is 13.2. The lowest BCUT2D eigenvalue weighted by Gasteiger charge is -2.16. The molecule has 0 aromatic heterocycles. The van der Waals surface area contributed by atoms with E-state index in [9.17, 15) is 4.39 Å². The SMILES string of the molecule is C=CCCCCCc1ccc(C=NN=C(c2ccccc2)c2ccc(C(CC)CC(C)F)cc2)cc1. The molecular formula is C33H39FN2. The van der Waals surface area contributed by atoms with Gasteiger partial charge in [-0.2, -0.15) is 5.10 Å². The standard InChI is InChI=1S/C33H39FN2/c1-4-6-7-8-10-13-27-16-18-28(19-17-27)25-35-36-33(31-14-11-9-12-15-31)32-22-20-30(21-23-32)29(5-2)24-26(3)34/h4,9,11-12,14-23,25-26,29H,1,5-8,10,13,24H2,2-3H3. The summed E-state index contributed by atoms with van der Waals surface area (Å²) in [5.41, 5.74) is 6.38. The number of allylic oxidation sites excluding steroid dienone is 1. The Hall–Kier alpha value is -3.33. The molecule has 0 spiro atoms. The van der Waals surface area contributed by atoms with E-state index in [1.54, 1.807) is 13.1 Å². The number of halogens is 1. The van der Waals surface area contributed by atoms with Crippen molar-refractivity contribution in [1.82, 2.24) is 0 Å². The third-order valence-electron chi connectivity index (χ3n) is 6.52. The zero-order valence-electron chi connectivity index (χ0n) is 21.7. The van der Waals surface area contributed by atoms with Crippen molar-refractivity contribution >= 4 is 11.9 Å². The van der Waals surface area contributed by atoms with Gasteiger partial charge in [0.15, 0.2) is 0 Å². The monoisotopic (exact) mass is 482 g/mol. The molecule has 2 unspecified atom stereocenters. The van der Waals surface area contributed by atoms with Crippen molar-refractivity contribution in [3.05, 3.63) is 119 Å². The van der Waals surface area contributed by atoms with E-state index in [0.29, 0.717) is 6.42 Å². The Bertz CT molecular complexity index is 1100. The average molecular weight is 483 g/mol. The van der Waals surface area contributed by atoms with Crippen LogP contribution in [0.3, 0.4) is 0 Å². The zero-order chi connectivity index (χ0) is 25.6. The predicted octanol–water partition coefficient (Wildman–Crippen LogP) is 9.09. The van der Waals surface area contributed by atoms with E-state index >= 15 is 0 Å². The van der Waals surface area contributed by atoms with Gasteiger partial charge in [0.2, 0.25) is 0 Å². The van der Waals surface area contributed by atoms with Crippen molar-refractivity contribution < 1.29 is 4.39 Å². The van der Waals surface area contributed by atoms with Crippen molar-refractivity contribution in [3.8, 4) is 0 Å². The number of hydrogen-bond donors (Lipinski definition) is 0. The highest BCUT2D eigenvalue weighted by molar-refractivity contribution is 6.13. The summed E-state index contributed by atoms with van der Waals surface area (Å²) >= 11 is 0. The van der Waals surface area contributed by atoms with Gasteiger partial charge in [-0.05, 0) is 68.1 Å². The highest BCUT2D eigenvalue weighted by Crippen LogP contribution is 2.26. The second kappa shape index (κ2) is 14.9. The fraction of sp³-hybridized carbons (Fsp3) is 0.333. The number of nitrogens with zero attached hydrogens (tertiary/aromatic N) is 2. The molecule has 3 heteroatoms. The molecule has 36 heavy (non-hydrogen) atoms. The number of unbranched alkanes of at least 4 members (excludes halogenated alkanes) is 3. The van der Waals surface area contributed by atoms with Crippen molar-refractivity contribution in [2.75, 3.05) is 0 Å². The van der Waals surface area contributed by atoms with Crippen LogP contribution in [-0.2, 0) is 6.42 Å². The van der Waals surface area contributed by atoms with E-state index in [-0.39, 0.29) is 5.92 Å². The minimum Gasteiger partial charge on any atom is -0.248 e. The van der Waals surface area contributed by atoms with E-state index in [1.807, 2.05) is 36.4 Å². The molecule has 3 rings (SSSR count). The second-order valence-electron chi connectivity index (χ2n) is 9.43. The molecule has 2 atom stereocenters. The second-order valence-corrected chi connectivity index (χ2v) is 9.43. The molecule has 0 amide bonds. The van der Waals surface area contributed by atoms with Gasteiger partial charge in [-0.1, -0.05) is 98.3 Å². The summed E-state index contributed by atoms with van der Waals surface area (Å²) in [5, 5.41) is 9.06. The van der Waals surface area contributed by atoms with E-state index in [0.717, 1.165) is 41.7 Å². The Balaban J connectivity index is 1.74. The van der Waals surface area contributed by atoms with Gasteiger partial charge in [-0.15, -0.1) is 11.7 Å². The molecule has 0 N–H and O–H groups in total. The highest BCUT2D eigenvalue weighted by Gasteiger charge is 2.14. The quantitative estimate of drug-likeness (QED) is 0.0947. The molecule has 2 nitrogen and oxygen atoms in total. The average Bonchev–Trinajstić information content (AvgIpc) is 2.91. The van der Waals surface area contributed by atoms with Crippen LogP contribution in [0.5, 0.6) is 0 Å². The molecule has 0 aliphatic rings. The summed E-state index contributed by atoms with van der Waals surface area (Å²) in [5.74, 6) is 0.226. The van der Waals surface area contributed by atoms with E-state index in [1.165, 1.54) is 30.4 Å². The fourth-order valence-corrected chi connectivity index (χ4v) is 4.44. The smallest absolute Gasteiger partial charge is 0.100 e. The lowest BCUT2D eigenvalue weighted by atomic mass is 9.90. The van der Waals surface area contributed by atoms with Gasteiger partial charge >= 0.3 is 0 Å². The molecule has 0 fully saturated rings. The van der Waals surface area contributed by atoms with Crippen LogP contribution >= 0.6 is 0 Å². The molecule has 3 aromatic carbocycles. The number of benzene rings is 3. The Kier molecular flexibility index (Phi) is 11.3. The maximum Gasteiger partial charge on any atom is 0.100 e. The third-order valence-corrected chi connectivity index (χ3v) is 6.52. The third kappa shape index (κ3) is 8.71. The van der Waals surface area contributed by atoms with Crippen molar-refractivity contribution in [1.29, 1.82) is 0 Å². The van der Waals surface area contributed by atoms with Gasteiger partial charge in [0.1, 0.15) is 5.71 Å². The maximum atomic E-state index is 13.6. The summed E-state index contributed by atoms with van der Waals surface area (Å²) in [4.78, 5) is 0. The minimum absolute atomic E-state index is 0.226. The van der Waals surface area contributed by atoms with Crippen molar-refractivity contribution in [2.24, 2.45) is 10.2 Å². The maximum absolute atomic E-state index is 13.6. The topological polar surface area (TPSA) is 24.7 Å². The molecule has 3 aromatic rings. The van der Waals surface area contributed by atoms with Crippen molar-refractivity contribution in [2.45, 2.75) is 70.9 Å².